The Morgan fingerprint density at radius 3 is 2.91 bits per heavy atom. The molecule has 1 saturated heterocycles. The normalized spacial score (nSPS) is 18.0. The number of nitrogens with zero attached hydrogens (tertiary/aromatic N) is 2. The molecule has 0 bridgehead atoms. The molecule has 1 aliphatic rings. The lowest BCUT2D eigenvalue weighted by Gasteiger charge is -2.16. The number of aromatic nitrogens is 1. The molecule has 0 aromatic carbocycles. The third kappa shape index (κ3) is 5.00. The van der Waals surface area contributed by atoms with Crippen molar-refractivity contribution in [3.05, 3.63) is 23.9 Å². The van der Waals surface area contributed by atoms with Crippen LogP contribution < -0.4 is 15.4 Å². The Morgan fingerprint density at radius 2 is 2.27 bits per heavy atom. The molecule has 0 aliphatic carbocycles. The molecule has 7 heteroatoms. The zero-order chi connectivity index (χ0) is 15.9. The van der Waals surface area contributed by atoms with Gasteiger partial charge in [-0.25, -0.2) is 4.98 Å². The van der Waals surface area contributed by atoms with Gasteiger partial charge in [0.05, 0.1) is 13.7 Å². The van der Waals surface area contributed by atoms with Crippen LogP contribution in [0.15, 0.2) is 18.3 Å². The lowest BCUT2D eigenvalue weighted by Crippen LogP contribution is -2.42. The van der Waals surface area contributed by atoms with E-state index in [-0.39, 0.29) is 24.4 Å². The predicted octanol–water partition coefficient (Wildman–Crippen LogP) is -0.0832. The molecule has 1 aromatic rings. The lowest BCUT2D eigenvalue weighted by molar-refractivity contribution is -0.125. The molecule has 0 unspecified atom stereocenters. The fourth-order valence-corrected chi connectivity index (χ4v) is 2.46. The molecule has 1 fully saturated rings. The summed E-state index contributed by atoms with van der Waals surface area (Å²) in [6.07, 6.45) is 2.72. The van der Waals surface area contributed by atoms with Crippen LogP contribution in [-0.4, -0.2) is 54.5 Å². The van der Waals surface area contributed by atoms with Crippen LogP contribution >= 0.6 is 0 Å². The smallest absolute Gasteiger partial charge is 0.239 e. The summed E-state index contributed by atoms with van der Waals surface area (Å²) in [6, 6.07) is 3.97. The van der Waals surface area contributed by atoms with Gasteiger partial charge in [0.2, 0.25) is 17.7 Å². The van der Waals surface area contributed by atoms with E-state index in [4.69, 9.17) is 4.74 Å². The molecule has 2 rings (SSSR count). The first kappa shape index (κ1) is 16.2. The second-order valence-corrected chi connectivity index (χ2v) is 5.41. The van der Waals surface area contributed by atoms with Crippen LogP contribution in [0, 0.1) is 0 Å². The minimum absolute atomic E-state index is 0.0359. The first-order valence-electron chi connectivity index (χ1n) is 7.32. The van der Waals surface area contributed by atoms with Gasteiger partial charge >= 0.3 is 0 Å². The maximum atomic E-state index is 11.7. The number of ether oxygens (including phenoxy) is 1. The summed E-state index contributed by atoms with van der Waals surface area (Å²) in [5, 5.41) is 5.43. The summed E-state index contributed by atoms with van der Waals surface area (Å²) < 4.78 is 5.04. The van der Waals surface area contributed by atoms with Crippen LogP contribution in [0.25, 0.3) is 0 Å². The molecule has 2 N–H and O–H groups in total. The van der Waals surface area contributed by atoms with Gasteiger partial charge in [-0.05, 0) is 12.0 Å². The highest BCUT2D eigenvalue weighted by atomic mass is 16.5. The van der Waals surface area contributed by atoms with Crippen molar-refractivity contribution in [2.75, 3.05) is 26.7 Å². The Hall–Kier alpha value is -2.15. The number of hydrogen-bond acceptors (Lipinski definition) is 5. The first-order chi connectivity index (χ1) is 10.6. The van der Waals surface area contributed by atoms with Gasteiger partial charge < -0.3 is 15.4 Å². The Balaban J connectivity index is 1.75. The average molecular weight is 306 g/mol. The number of likely N-dealkylation sites (tertiary alicyclic amines) is 1. The number of pyridine rings is 1. The first-order valence-corrected chi connectivity index (χ1v) is 7.32. The van der Waals surface area contributed by atoms with Gasteiger partial charge in [0, 0.05) is 44.9 Å². The number of carbonyl (C=O) groups is 2. The molecular weight excluding hydrogens is 284 g/mol. The minimum Gasteiger partial charge on any atom is -0.481 e. The quantitative estimate of drug-likeness (QED) is 0.768. The molecule has 2 amide bonds. The Bertz CT molecular complexity index is 518. The van der Waals surface area contributed by atoms with Crippen LogP contribution in [0.5, 0.6) is 5.88 Å². The van der Waals surface area contributed by atoms with Gasteiger partial charge in [-0.1, -0.05) is 6.07 Å². The summed E-state index contributed by atoms with van der Waals surface area (Å²) >= 11 is 0. The highest BCUT2D eigenvalue weighted by molar-refractivity contribution is 5.83. The highest BCUT2D eigenvalue weighted by Gasteiger charge is 2.23. The van der Waals surface area contributed by atoms with Gasteiger partial charge in [-0.15, -0.1) is 0 Å². The molecular formula is C15H22N4O3. The van der Waals surface area contributed by atoms with Crippen LogP contribution in [-0.2, 0) is 16.1 Å². The van der Waals surface area contributed by atoms with Gasteiger partial charge in [0.25, 0.3) is 0 Å². The highest BCUT2D eigenvalue weighted by Crippen LogP contribution is 2.14. The van der Waals surface area contributed by atoms with E-state index in [0.717, 1.165) is 31.6 Å². The summed E-state index contributed by atoms with van der Waals surface area (Å²) in [6.45, 7) is 3.96. The fraction of sp³-hybridized carbons (Fsp3) is 0.533. The van der Waals surface area contributed by atoms with Crippen molar-refractivity contribution in [3.8, 4) is 5.88 Å². The summed E-state index contributed by atoms with van der Waals surface area (Å²) in [5.41, 5.74) is 1.12. The van der Waals surface area contributed by atoms with E-state index in [1.165, 1.54) is 6.92 Å². The number of rotatable bonds is 6. The Kier molecular flexibility index (Phi) is 5.71. The third-order valence-corrected chi connectivity index (χ3v) is 3.55. The van der Waals surface area contributed by atoms with Crippen molar-refractivity contribution in [2.24, 2.45) is 0 Å². The number of hydrogen-bond donors (Lipinski definition) is 2. The SMILES string of the molecule is COc1ccc(CN2CC[C@@H](NC(=O)CNC(C)=O)C2)cn1. The standard InChI is InChI=1S/C15H22N4O3/c1-11(20)16-8-14(21)18-13-5-6-19(10-13)9-12-3-4-15(22-2)17-7-12/h3-4,7,13H,5-6,8-10H2,1-2H3,(H,16,20)(H,18,21)/t13-/m1/s1. The van der Waals surface area contributed by atoms with Crippen LogP contribution in [0.1, 0.15) is 18.9 Å². The van der Waals surface area contributed by atoms with Crippen LogP contribution in [0.4, 0.5) is 0 Å². The van der Waals surface area contributed by atoms with Crippen molar-refractivity contribution >= 4 is 11.8 Å². The summed E-state index contributed by atoms with van der Waals surface area (Å²) in [4.78, 5) is 28.9. The Morgan fingerprint density at radius 1 is 1.45 bits per heavy atom. The van der Waals surface area contributed by atoms with E-state index in [1.54, 1.807) is 7.11 Å². The number of carbonyl (C=O) groups excluding carboxylic acids is 2. The maximum absolute atomic E-state index is 11.7. The van der Waals surface area contributed by atoms with Gasteiger partial charge in [-0.2, -0.15) is 0 Å². The van der Waals surface area contributed by atoms with Crippen molar-refractivity contribution in [2.45, 2.75) is 25.9 Å². The maximum Gasteiger partial charge on any atom is 0.239 e. The fourth-order valence-electron chi connectivity index (χ4n) is 2.46. The number of amides is 2. The van der Waals surface area contributed by atoms with Crippen LogP contribution in [0.3, 0.4) is 0 Å². The third-order valence-electron chi connectivity index (χ3n) is 3.55. The zero-order valence-corrected chi connectivity index (χ0v) is 13.0. The zero-order valence-electron chi connectivity index (χ0n) is 13.0. The van der Waals surface area contributed by atoms with Crippen molar-refractivity contribution in [1.82, 2.24) is 20.5 Å². The van der Waals surface area contributed by atoms with Crippen LogP contribution in [0.2, 0.25) is 0 Å². The van der Waals surface area contributed by atoms with E-state index < -0.39 is 0 Å². The summed E-state index contributed by atoms with van der Waals surface area (Å²) in [5.74, 6) is 0.261. The molecule has 7 nitrogen and oxygen atoms in total. The lowest BCUT2D eigenvalue weighted by atomic mass is 10.2. The van der Waals surface area contributed by atoms with E-state index in [0.29, 0.717) is 5.88 Å². The number of nitrogens with one attached hydrogen (secondary N) is 2. The van der Waals surface area contributed by atoms with E-state index in [2.05, 4.69) is 20.5 Å². The van der Waals surface area contributed by atoms with Crippen molar-refractivity contribution in [1.29, 1.82) is 0 Å². The van der Waals surface area contributed by atoms with E-state index in [1.807, 2.05) is 18.3 Å². The van der Waals surface area contributed by atoms with Crippen molar-refractivity contribution < 1.29 is 14.3 Å². The monoisotopic (exact) mass is 306 g/mol. The molecule has 0 radical (unpaired) electrons. The molecule has 0 spiro atoms. The van der Waals surface area contributed by atoms with Gasteiger partial charge in [-0.3, -0.25) is 14.5 Å². The molecule has 2 heterocycles. The average Bonchev–Trinajstić information content (AvgIpc) is 2.93. The molecule has 120 valence electrons. The van der Waals surface area contributed by atoms with Gasteiger partial charge in [0.15, 0.2) is 0 Å². The molecule has 1 aromatic heterocycles. The largest absolute Gasteiger partial charge is 0.481 e. The Labute approximate surface area is 130 Å². The second-order valence-electron chi connectivity index (χ2n) is 5.41. The van der Waals surface area contributed by atoms with E-state index in [9.17, 15) is 9.59 Å². The molecule has 0 saturated carbocycles. The topological polar surface area (TPSA) is 83.6 Å². The molecule has 22 heavy (non-hydrogen) atoms. The number of methoxy groups -OCH3 is 1. The minimum atomic E-state index is -0.199. The summed E-state index contributed by atoms with van der Waals surface area (Å²) in [7, 11) is 1.59. The predicted molar refractivity (Wildman–Crippen MR) is 81.3 cm³/mol. The molecule has 1 aliphatic heterocycles. The molecule has 1 atom stereocenters. The van der Waals surface area contributed by atoms with Gasteiger partial charge in [0.1, 0.15) is 0 Å². The van der Waals surface area contributed by atoms with E-state index >= 15 is 0 Å². The van der Waals surface area contributed by atoms with Crippen molar-refractivity contribution in [3.63, 3.8) is 0 Å². The second kappa shape index (κ2) is 7.74.